The van der Waals surface area contributed by atoms with Crippen molar-refractivity contribution in [2.45, 2.75) is 96.0 Å². The number of nitrogens with one attached hydrogen (secondary N) is 1. The fourth-order valence-electron chi connectivity index (χ4n) is 7.95. The minimum absolute atomic E-state index is 0.0361. The first-order valence-electron chi connectivity index (χ1n) is 12.1. The molecular weight excluding hydrogens is 390 g/mol. The van der Waals surface area contributed by atoms with Gasteiger partial charge in [0.1, 0.15) is 12.2 Å². The van der Waals surface area contributed by atoms with E-state index in [9.17, 15) is 10.2 Å². The molecule has 2 heterocycles. The molecule has 0 amide bonds. The van der Waals surface area contributed by atoms with E-state index in [0.717, 1.165) is 38.6 Å². The maximum Gasteiger partial charge on any atom is 0.165 e. The van der Waals surface area contributed by atoms with Crippen LogP contribution in [0.25, 0.3) is 0 Å². The Hall–Kier alpha value is -1.30. The molecule has 1 saturated carbocycles. The first kappa shape index (κ1) is 21.5. The molecule has 7 atom stereocenters. The number of rotatable bonds is 4. The first-order valence-corrected chi connectivity index (χ1v) is 12.1. The predicted molar refractivity (Wildman–Crippen MR) is 121 cm³/mol. The summed E-state index contributed by atoms with van der Waals surface area (Å²) < 4.78 is 12.9. The lowest BCUT2D eigenvalue weighted by molar-refractivity contribution is -0.225. The van der Waals surface area contributed by atoms with Gasteiger partial charge in [0.25, 0.3) is 0 Å². The van der Waals surface area contributed by atoms with Crippen LogP contribution < -0.4 is 10.1 Å². The Morgan fingerprint density at radius 1 is 1.26 bits per heavy atom. The molecule has 172 valence electrons. The highest BCUT2D eigenvalue weighted by Crippen LogP contribution is 2.71. The van der Waals surface area contributed by atoms with E-state index < -0.39 is 5.60 Å². The van der Waals surface area contributed by atoms with Gasteiger partial charge in [-0.1, -0.05) is 40.2 Å². The van der Waals surface area contributed by atoms with Gasteiger partial charge in [-0.3, -0.25) is 0 Å². The van der Waals surface area contributed by atoms with Crippen LogP contribution in [0.15, 0.2) is 12.1 Å². The molecule has 2 unspecified atom stereocenters. The molecule has 0 radical (unpaired) electrons. The van der Waals surface area contributed by atoms with Crippen LogP contribution in [0.1, 0.15) is 71.4 Å². The van der Waals surface area contributed by atoms with Crippen molar-refractivity contribution in [2.75, 3.05) is 13.7 Å². The van der Waals surface area contributed by atoms with Crippen LogP contribution in [0.5, 0.6) is 11.5 Å². The summed E-state index contributed by atoms with van der Waals surface area (Å²) >= 11 is 0. The largest absolute Gasteiger partial charge is 0.504 e. The van der Waals surface area contributed by atoms with Gasteiger partial charge in [0, 0.05) is 30.0 Å². The van der Waals surface area contributed by atoms with Crippen LogP contribution in [0.4, 0.5) is 0 Å². The van der Waals surface area contributed by atoms with Gasteiger partial charge in [0.15, 0.2) is 11.5 Å². The van der Waals surface area contributed by atoms with Crippen molar-refractivity contribution in [2.24, 2.45) is 16.7 Å². The van der Waals surface area contributed by atoms with E-state index in [1.54, 1.807) is 13.2 Å². The third-order valence-corrected chi connectivity index (χ3v) is 9.78. The molecule has 1 spiro atoms. The highest BCUT2D eigenvalue weighted by molar-refractivity contribution is 5.62. The van der Waals surface area contributed by atoms with E-state index in [2.05, 4.69) is 39.1 Å². The summed E-state index contributed by atoms with van der Waals surface area (Å²) in [4.78, 5) is 0. The fraction of sp³-hybridized carbons (Fsp3) is 0.769. The van der Waals surface area contributed by atoms with Crippen molar-refractivity contribution < 1.29 is 19.7 Å². The molecule has 31 heavy (non-hydrogen) atoms. The summed E-state index contributed by atoms with van der Waals surface area (Å²) in [5.74, 6) is 0.836. The van der Waals surface area contributed by atoms with E-state index in [4.69, 9.17) is 9.47 Å². The van der Waals surface area contributed by atoms with Crippen LogP contribution in [0.3, 0.4) is 0 Å². The molecular formula is C26H39NO4. The quantitative estimate of drug-likeness (QED) is 0.677. The standard InChI is InChI=1S/C26H39NO4/c1-7-10-25-14-16(24(5,29)23(2,3)4)20(30-6)22-26(25)11-12-27-18(25)13-15-8-9-17(28)21(31-22)19(15)26/h8-9,16,18,20,22,27-29H,7,10-14H2,1-6H3/t16-,18+,20?,22-,24?,25+,26-/m0/s1. The van der Waals surface area contributed by atoms with Crippen molar-refractivity contribution >= 4 is 0 Å². The highest BCUT2D eigenvalue weighted by Gasteiger charge is 2.74. The number of methoxy groups -OCH3 is 1. The third-order valence-electron chi connectivity index (χ3n) is 9.78. The smallest absolute Gasteiger partial charge is 0.165 e. The number of ether oxygens (including phenoxy) is 2. The third kappa shape index (κ3) is 2.43. The minimum atomic E-state index is -0.926. The maximum atomic E-state index is 11.9. The zero-order valence-electron chi connectivity index (χ0n) is 19.9. The van der Waals surface area contributed by atoms with Gasteiger partial charge in [-0.25, -0.2) is 0 Å². The van der Waals surface area contributed by atoms with Gasteiger partial charge in [0.05, 0.1) is 5.60 Å². The normalized spacial score (nSPS) is 40.1. The molecule has 2 aliphatic carbocycles. The SMILES string of the molecule is CCC[C@]12C[C@H](C(C)(O)C(C)(C)C)C(OC)[C@@H]3Oc4c(O)ccc5c4[C@@]31CCN[C@@H]2C5. The minimum Gasteiger partial charge on any atom is -0.504 e. The van der Waals surface area contributed by atoms with Gasteiger partial charge in [-0.15, -0.1) is 0 Å². The van der Waals surface area contributed by atoms with Crippen LogP contribution in [-0.2, 0) is 16.6 Å². The second-order valence-electron chi connectivity index (χ2n) is 11.7. The highest BCUT2D eigenvalue weighted by atomic mass is 16.5. The van der Waals surface area contributed by atoms with E-state index in [1.807, 2.05) is 6.92 Å². The number of aromatic hydroxyl groups is 1. The average Bonchev–Trinajstić information content (AvgIpc) is 3.03. The van der Waals surface area contributed by atoms with Crippen LogP contribution in [0, 0.1) is 16.7 Å². The lowest BCUT2D eigenvalue weighted by Crippen LogP contribution is -2.76. The summed E-state index contributed by atoms with van der Waals surface area (Å²) in [5.41, 5.74) is 1.08. The molecule has 2 fully saturated rings. The number of aliphatic hydroxyl groups is 1. The fourth-order valence-corrected chi connectivity index (χ4v) is 7.95. The number of phenolic OH excluding ortho intramolecular Hbond substituents is 1. The molecule has 5 heteroatoms. The average molecular weight is 430 g/mol. The van der Waals surface area contributed by atoms with Crippen LogP contribution in [0.2, 0.25) is 0 Å². The number of hydrogen-bond donors (Lipinski definition) is 3. The molecule has 5 rings (SSSR count). The molecule has 4 aliphatic rings. The van der Waals surface area contributed by atoms with Crippen molar-refractivity contribution in [1.82, 2.24) is 5.32 Å². The van der Waals surface area contributed by atoms with Gasteiger partial charge < -0.3 is 25.0 Å². The predicted octanol–water partition coefficient (Wildman–Crippen LogP) is 3.93. The molecule has 0 aromatic heterocycles. The lowest BCUT2D eigenvalue weighted by Gasteiger charge is -2.67. The first-order chi connectivity index (χ1) is 14.5. The zero-order valence-corrected chi connectivity index (χ0v) is 19.9. The molecule has 2 aliphatic heterocycles. The topological polar surface area (TPSA) is 71.0 Å². The molecule has 1 aromatic carbocycles. The van der Waals surface area contributed by atoms with Crippen molar-refractivity contribution in [3.05, 3.63) is 23.3 Å². The van der Waals surface area contributed by atoms with Gasteiger partial charge in [-0.2, -0.15) is 0 Å². The van der Waals surface area contributed by atoms with Crippen LogP contribution >= 0.6 is 0 Å². The Kier molecular flexibility index (Phi) is 4.60. The Balaban J connectivity index is 1.78. The molecule has 1 aromatic rings. The summed E-state index contributed by atoms with van der Waals surface area (Å²) in [6.45, 7) is 11.5. The zero-order chi connectivity index (χ0) is 22.4. The molecule has 5 nitrogen and oxygen atoms in total. The van der Waals surface area contributed by atoms with Crippen molar-refractivity contribution in [3.8, 4) is 11.5 Å². The Morgan fingerprint density at radius 3 is 2.65 bits per heavy atom. The molecule has 3 N–H and O–H groups in total. The molecule has 2 bridgehead atoms. The number of benzene rings is 1. The lowest BCUT2D eigenvalue weighted by atomic mass is 9.39. The van der Waals surface area contributed by atoms with E-state index in [0.29, 0.717) is 11.8 Å². The molecule has 1 saturated heterocycles. The van der Waals surface area contributed by atoms with Crippen molar-refractivity contribution in [3.63, 3.8) is 0 Å². The van der Waals surface area contributed by atoms with E-state index >= 15 is 0 Å². The maximum absolute atomic E-state index is 11.9. The number of hydrogen-bond acceptors (Lipinski definition) is 5. The monoisotopic (exact) mass is 429 g/mol. The van der Waals surface area contributed by atoms with Gasteiger partial charge in [-0.05, 0) is 61.6 Å². The van der Waals surface area contributed by atoms with Gasteiger partial charge in [0.2, 0.25) is 0 Å². The summed E-state index contributed by atoms with van der Waals surface area (Å²) in [7, 11) is 1.76. The van der Waals surface area contributed by atoms with Crippen LogP contribution in [-0.4, -0.2) is 47.7 Å². The second kappa shape index (κ2) is 6.61. The van der Waals surface area contributed by atoms with Crippen molar-refractivity contribution in [1.29, 1.82) is 0 Å². The summed E-state index contributed by atoms with van der Waals surface area (Å²) in [6.07, 6.45) is 4.53. The van der Waals surface area contributed by atoms with Gasteiger partial charge >= 0.3 is 0 Å². The summed E-state index contributed by atoms with van der Waals surface area (Å²) in [6, 6.07) is 4.22. The Bertz CT molecular complexity index is 890. The Labute approximate surface area is 186 Å². The van der Waals surface area contributed by atoms with E-state index in [-0.39, 0.29) is 40.1 Å². The van der Waals surface area contributed by atoms with E-state index in [1.165, 1.54) is 11.1 Å². The Morgan fingerprint density at radius 2 is 2.00 bits per heavy atom. The number of phenols is 1. The number of piperidine rings is 1. The second-order valence-corrected chi connectivity index (χ2v) is 11.7. The summed E-state index contributed by atoms with van der Waals surface area (Å²) in [5, 5.41) is 26.6.